The van der Waals surface area contributed by atoms with Crippen LogP contribution in [0.25, 0.3) is 0 Å². The predicted octanol–water partition coefficient (Wildman–Crippen LogP) is 2.29. The van der Waals surface area contributed by atoms with Crippen LogP contribution in [-0.2, 0) is 0 Å². The van der Waals surface area contributed by atoms with Crippen molar-refractivity contribution in [1.29, 1.82) is 0 Å². The predicted molar refractivity (Wildman–Crippen MR) is 62.4 cm³/mol. The maximum Gasteiger partial charge on any atom is -0.00369 e. The highest BCUT2D eigenvalue weighted by Gasteiger charge is 2.10. The molecule has 0 atom stereocenters. The van der Waals surface area contributed by atoms with Crippen LogP contribution in [0.3, 0.4) is 0 Å². The lowest BCUT2D eigenvalue weighted by Gasteiger charge is -2.13. The number of nitrogens with two attached hydrogens (primary N) is 1. The van der Waals surface area contributed by atoms with Gasteiger partial charge in [-0.15, -0.1) is 0 Å². The summed E-state index contributed by atoms with van der Waals surface area (Å²) in [6, 6.07) is 0. The molecular formula is C12H26N2. The molecule has 2 nitrogen and oxygen atoms in total. The van der Waals surface area contributed by atoms with Gasteiger partial charge in [0.05, 0.1) is 0 Å². The Kier molecular flexibility index (Phi) is 7.06. The van der Waals surface area contributed by atoms with E-state index in [9.17, 15) is 0 Å². The molecule has 0 amide bonds. The minimum absolute atomic E-state index is 0.816. The van der Waals surface area contributed by atoms with E-state index in [2.05, 4.69) is 5.32 Å². The molecule has 0 aromatic heterocycles. The van der Waals surface area contributed by atoms with Gasteiger partial charge < -0.3 is 11.1 Å². The van der Waals surface area contributed by atoms with Crippen molar-refractivity contribution in [3.63, 3.8) is 0 Å². The fourth-order valence-corrected chi connectivity index (χ4v) is 2.31. The first-order chi connectivity index (χ1) is 6.93. The Balaban J connectivity index is 1.93. The molecule has 84 valence electrons. The van der Waals surface area contributed by atoms with Gasteiger partial charge in [-0.25, -0.2) is 0 Å². The third-order valence-electron chi connectivity index (χ3n) is 3.26. The summed E-state index contributed by atoms with van der Waals surface area (Å²) in [5, 5.41) is 3.47. The van der Waals surface area contributed by atoms with Gasteiger partial charge in [0.25, 0.3) is 0 Å². The molecule has 14 heavy (non-hydrogen) atoms. The minimum atomic E-state index is 0.816. The molecule has 1 saturated carbocycles. The van der Waals surface area contributed by atoms with Crippen LogP contribution in [-0.4, -0.2) is 19.6 Å². The summed E-state index contributed by atoms with van der Waals surface area (Å²) in [6.07, 6.45) is 11.3. The summed E-state index contributed by atoms with van der Waals surface area (Å²) in [5.74, 6) is 1.00. The van der Waals surface area contributed by atoms with Gasteiger partial charge in [-0.3, -0.25) is 0 Å². The zero-order chi connectivity index (χ0) is 10.1. The molecule has 0 radical (unpaired) electrons. The Bertz CT molecular complexity index is 117. The molecular weight excluding hydrogens is 172 g/mol. The van der Waals surface area contributed by atoms with Crippen LogP contribution in [0.4, 0.5) is 0 Å². The van der Waals surface area contributed by atoms with E-state index in [1.54, 1.807) is 0 Å². The molecule has 2 heteroatoms. The van der Waals surface area contributed by atoms with E-state index in [1.807, 2.05) is 0 Å². The molecule has 1 rings (SSSR count). The Morgan fingerprint density at radius 3 is 2.36 bits per heavy atom. The monoisotopic (exact) mass is 198 g/mol. The first-order valence-electron chi connectivity index (χ1n) is 6.34. The number of hydrogen-bond donors (Lipinski definition) is 2. The molecule has 1 aliphatic carbocycles. The van der Waals surface area contributed by atoms with Gasteiger partial charge in [-0.1, -0.05) is 38.5 Å². The molecule has 1 fully saturated rings. The lowest BCUT2D eigenvalue weighted by Crippen LogP contribution is -2.21. The van der Waals surface area contributed by atoms with Crippen molar-refractivity contribution in [1.82, 2.24) is 5.32 Å². The summed E-state index contributed by atoms with van der Waals surface area (Å²) in [6.45, 7) is 3.12. The summed E-state index contributed by atoms with van der Waals surface area (Å²) in [5.41, 5.74) is 5.43. The van der Waals surface area contributed by atoms with Gasteiger partial charge in [0.1, 0.15) is 0 Å². The zero-order valence-corrected chi connectivity index (χ0v) is 9.43. The van der Waals surface area contributed by atoms with Crippen molar-refractivity contribution in [3.8, 4) is 0 Å². The van der Waals surface area contributed by atoms with E-state index in [0.29, 0.717) is 0 Å². The maximum atomic E-state index is 5.43. The van der Waals surface area contributed by atoms with Gasteiger partial charge >= 0.3 is 0 Å². The van der Waals surface area contributed by atoms with Crippen LogP contribution in [0, 0.1) is 5.92 Å². The Morgan fingerprint density at radius 1 is 1.00 bits per heavy atom. The van der Waals surface area contributed by atoms with Crippen LogP contribution in [0.1, 0.15) is 51.4 Å². The Morgan fingerprint density at radius 2 is 1.71 bits per heavy atom. The largest absolute Gasteiger partial charge is 0.330 e. The average molecular weight is 198 g/mol. The third kappa shape index (κ3) is 5.61. The van der Waals surface area contributed by atoms with Crippen molar-refractivity contribution in [2.75, 3.05) is 19.6 Å². The van der Waals surface area contributed by atoms with Gasteiger partial charge in [-0.05, 0) is 38.4 Å². The van der Waals surface area contributed by atoms with Crippen LogP contribution in [0.2, 0.25) is 0 Å². The topological polar surface area (TPSA) is 38.0 Å². The lowest BCUT2D eigenvalue weighted by molar-refractivity contribution is 0.415. The van der Waals surface area contributed by atoms with Crippen LogP contribution in [0.5, 0.6) is 0 Å². The normalized spacial score (nSPS) is 19.5. The van der Waals surface area contributed by atoms with E-state index >= 15 is 0 Å². The Hall–Kier alpha value is -0.0800. The minimum Gasteiger partial charge on any atom is -0.330 e. The van der Waals surface area contributed by atoms with Crippen molar-refractivity contribution in [3.05, 3.63) is 0 Å². The molecule has 0 saturated heterocycles. The second-order valence-corrected chi connectivity index (χ2v) is 4.54. The summed E-state index contributed by atoms with van der Waals surface area (Å²) in [4.78, 5) is 0. The molecule has 0 aliphatic heterocycles. The lowest BCUT2D eigenvalue weighted by atomic mass is 9.97. The van der Waals surface area contributed by atoms with E-state index in [0.717, 1.165) is 25.4 Å². The maximum absolute atomic E-state index is 5.43. The van der Waals surface area contributed by atoms with Crippen molar-refractivity contribution < 1.29 is 0 Å². The standard InChI is InChI=1S/C12H26N2/c13-9-5-10-14-11-8-12-6-3-1-2-4-7-12/h12,14H,1-11,13H2. The second kappa shape index (κ2) is 8.25. The number of nitrogens with one attached hydrogen (secondary N) is 1. The highest BCUT2D eigenvalue weighted by atomic mass is 14.8. The van der Waals surface area contributed by atoms with Gasteiger partial charge in [-0.2, -0.15) is 0 Å². The molecule has 0 aromatic rings. The molecule has 0 spiro atoms. The number of rotatable bonds is 6. The quantitative estimate of drug-likeness (QED) is 0.507. The molecule has 3 N–H and O–H groups in total. The Labute approximate surface area is 88.6 Å². The van der Waals surface area contributed by atoms with Gasteiger partial charge in [0.15, 0.2) is 0 Å². The van der Waals surface area contributed by atoms with Crippen molar-refractivity contribution >= 4 is 0 Å². The summed E-state index contributed by atoms with van der Waals surface area (Å²) >= 11 is 0. The molecule has 0 heterocycles. The van der Waals surface area contributed by atoms with Crippen LogP contribution >= 0.6 is 0 Å². The second-order valence-electron chi connectivity index (χ2n) is 4.54. The van der Waals surface area contributed by atoms with E-state index in [4.69, 9.17) is 5.73 Å². The SMILES string of the molecule is NCCCNCCC1CCCCCC1. The highest BCUT2D eigenvalue weighted by Crippen LogP contribution is 2.24. The molecule has 0 bridgehead atoms. The molecule has 0 aromatic carbocycles. The van der Waals surface area contributed by atoms with Crippen molar-refractivity contribution in [2.24, 2.45) is 11.7 Å². The third-order valence-corrected chi connectivity index (χ3v) is 3.26. The first kappa shape index (κ1) is 12.0. The fraction of sp³-hybridized carbons (Fsp3) is 1.00. The van der Waals surface area contributed by atoms with Crippen LogP contribution in [0.15, 0.2) is 0 Å². The van der Waals surface area contributed by atoms with Crippen molar-refractivity contribution in [2.45, 2.75) is 51.4 Å². The fourth-order valence-electron chi connectivity index (χ4n) is 2.31. The molecule has 1 aliphatic rings. The van der Waals surface area contributed by atoms with E-state index < -0.39 is 0 Å². The summed E-state index contributed by atoms with van der Waals surface area (Å²) < 4.78 is 0. The highest BCUT2D eigenvalue weighted by molar-refractivity contribution is 4.65. The zero-order valence-electron chi connectivity index (χ0n) is 9.43. The smallest absolute Gasteiger partial charge is 0.00369 e. The van der Waals surface area contributed by atoms with E-state index in [1.165, 1.54) is 51.5 Å². The average Bonchev–Trinajstić information content (AvgIpc) is 2.46. The molecule has 0 unspecified atom stereocenters. The first-order valence-corrected chi connectivity index (χ1v) is 6.34. The van der Waals surface area contributed by atoms with Gasteiger partial charge in [0, 0.05) is 0 Å². The summed E-state index contributed by atoms with van der Waals surface area (Å²) in [7, 11) is 0. The van der Waals surface area contributed by atoms with Gasteiger partial charge in [0.2, 0.25) is 0 Å². The van der Waals surface area contributed by atoms with E-state index in [-0.39, 0.29) is 0 Å². The van der Waals surface area contributed by atoms with Crippen LogP contribution < -0.4 is 11.1 Å². The number of hydrogen-bond acceptors (Lipinski definition) is 2.